The molecule has 80 valence electrons. The fraction of sp³-hybridized carbons (Fsp3) is 0.917. The standard InChI is InChI=1S/C12H21NO/c1-9-8-12(2,13-11(9)14)10-6-4-3-5-7-10/h9-10H,3-8H2,1-2H3,(H,13,14). The van der Waals surface area contributed by atoms with Crippen molar-refractivity contribution < 1.29 is 4.79 Å². The van der Waals surface area contributed by atoms with Gasteiger partial charge < -0.3 is 5.32 Å². The first-order chi connectivity index (χ1) is 6.62. The second-order valence-electron chi connectivity index (χ2n) is 5.35. The van der Waals surface area contributed by atoms with E-state index in [1.165, 1.54) is 32.1 Å². The molecule has 2 aliphatic rings. The molecule has 2 unspecified atom stereocenters. The Kier molecular flexibility index (Phi) is 2.54. The average Bonchev–Trinajstić information content (AvgIpc) is 2.44. The van der Waals surface area contributed by atoms with Crippen LogP contribution in [0.5, 0.6) is 0 Å². The van der Waals surface area contributed by atoms with Crippen LogP contribution in [0.3, 0.4) is 0 Å². The van der Waals surface area contributed by atoms with E-state index in [0.29, 0.717) is 0 Å². The highest BCUT2D eigenvalue weighted by Gasteiger charge is 2.43. The summed E-state index contributed by atoms with van der Waals surface area (Å²) in [6.07, 6.45) is 7.74. The first-order valence-corrected chi connectivity index (χ1v) is 5.94. The smallest absolute Gasteiger partial charge is 0.223 e. The van der Waals surface area contributed by atoms with Crippen LogP contribution in [0, 0.1) is 11.8 Å². The van der Waals surface area contributed by atoms with Crippen molar-refractivity contribution in [2.75, 3.05) is 0 Å². The molecule has 2 fully saturated rings. The molecule has 2 nitrogen and oxygen atoms in total. The lowest BCUT2D eigenvalue weighted by atomic mass is 9.74. The van der Waals surface area contributed by atoms with Crippen molar-refractivity contribution >= 4 is 5.91 Å². The fourth-order valence-electron chi connectivity index (χ4n) is 3.19. The Morgan fingerprint density at radius 2 is 1.93 bits per heavy atom. The fourth-order valence-corrected chi connectivity index (χ4v) is 3.19. The lowest BCUT2D eigenvalue weighted by molar-refractivity contribution is -0.122. The molecule has 1 aliphatic carbocycles. The molecule has 1 saturated heterocycles. The van der Waals surface area contributed by atoms with Crippen LogP contribution in [-0.2, 0) is 4.79 Å². The molecule has 2 rings (SSSR count). The Morgan fingerprint density at radius 3 is 2.43 bits per heavy atom. The van der Waals surface area contributed by atoms with E-state index >= 15 is 0 Å². The molecule has 1 amide bonds. The van der Waals surface area contributed by atoms with Crippen molar-refractivity contribution in [3.05, 3.63) is 0 Å². The van der Waals surface area contributed by atoms with Gasteiger partial charge in [0.05, 0.1) is 0 Å². The highest BCUT2D eigenvalue weighted by molar-refractivity contribution is 5.81. The average molecular weight is 195 g/mol. The summed E-state index contributed by atoms with van der Waals surface area (Å²) < 4.78 is 0. The minimum atomic E-state index is 0.108. The maximum atomic E-state index is 11.5. The summed E-state index contributed by atoms with van der Waals surface area (Å²) in [5.41, 5.74) is 0.108. The predicted molar refractivity (Wildman–Crippen MR) is 56.9 cm³/mol. The first kappa shape index (κ1) is 10.0. The third-order valence-corrected chi connectivity index (χ3v) is 4.09. The number of carbonyl (C=O) groups is 1. The zero-order chi connectivity index (χ0) is 10.2. The summed E-state index contributed by atoms with van der Waals surface area (Å²) in [5, 5.41) is 3.21. The van der Waals surface area contributed by atoms with Crippen molar-refractivity contribution in [1.29, 1.82) is 0 Å². The quantitative estimate of drug-likeness (QED) is 0.684. The monoisotopic (exact) mass is 195 g/mol. The molecule has 14 heavy (non-hydrogen) atoms. The predicted octanol–water partition coefficient (Wildman–Crippen LogP) is 2.48. The zero-order valence-electron chi connectivity index (χ0n) is 9.31. The first-order valence-electron chi connectivity index (χ1n) is 5.94. The van der Waals surface area contributed by atoms with E-state index in [1.54, 1.807) is 0 Å². The molecule has 1 N–H and O–H groups in total. The minimum Gasteiger partial charge on any atom is -0.350 e. The van der Waals surface area contributed by atoms with Crippen molar-refractivity contribution in [2.45, 2.75) is 57.9 Å². The summed E-state index contributed by atoms with van der Waals surface area (Å²) in [7, 11) is 0. The minimum absolute atomic E-state index is 0.108. The van der Waals surface area contributed by atoms with Gasteiger partial charge in [-0.05, 0) is 32.1 Å². The van der Waals surface area contributed by atoms with E-state index in [0.717, 1.165) is 12.3 Å². The van der Waals surface area contributed by atoms with Gasteiger partial charge in [0.15, 0.2) is 0 Å². The van der Waals surface area contributed by atoms with Crippen LogP contribution < -0.4 is 5.32 Å². The van der Waals surface area contributed by atoms with E-state index in [2.05, 4.69) is 12.2 Å². The summed E-state index contributed by atoms with van der Waals surface area (Å²) >= 11 is 0. The van der Waals surface area contributed by atoms with Gasteiger partial charge in [-0.2, -0.15) is 0 Å². The lowest BCUT2D eigenvalue weighted by Gasteiger charge is -2.36. The van der Waals surface area contributed by atoms with E-state index in [4.69, 9.17) is 0 Å². The molecular weight excluding hydrogens is 174 g/mol. The molecule has 2 heteroatoms. The Labute approximate surface area is 86.5 Å². The van der Waals surface area contributed by atoms with Gasteiger partial charge in [0.2, 0.25) is 5.91 Å². The normalized spacial score (nSPS) is 39.9. The molecule has 2 atom stereocenters. The number of nitrogens with one attached hydrogen (secondary N) is 1. The number of hydrogen-bond acceptors (Lipinski definition) is 1. The third-order valence-electron chi connectivity index (χ3n) is 4.09. The van der Waals surface area contributed by atoms with Crippen LogP contribution >= 0.6 is 0 Å². The van der Waals surface area contributed by atoms with Crippen LogP contribution in [-0.4, -0.2) is 11.4 Å². The van der Waals surface area contributed by atoms with Gasteiger partial charge in [0, 0.05) is 11.5 Å². The van der Waals surface area contributed by atoms with E-state index in [1.807, 2.05) is 6.92 Å². The number of rotatable bonds is 1. The molecule has 0 radical (unpaired) electrons. The topological polar surface area (TPSA) is 29.1 Å². The molecular formula is C12H21NO. The largest absolute Gasteiger partial charge is 0.350 e. The summed E-state index contributed by atoms with van der Waals surface area (Å²) in [4.78, 5) is 11.5. The van der Waals surface area contributed by atoms with Crippen LogP contribution in [0.15, 0.2) is 0 Å². The van der Waals surface area contributed by atoms with Crippen LogP contribution in [0.2, 0.25) is 0 Å². The highest BCUT2D eigenvalue weighted by atomic mass is 16.2. The van der Waals surface area contributed by atoms with Gasteiger partial charge >= 0.3 is 0 Å². The molecule has 1 heterocycles. The van der Waals surface area contributed by atoms with Crippen LogP contribution in [0.1, 0.15) is 52.4 Å². The second kappa shape index (κ2) is 3.56. The number of carbonyl (C=O) groups excluding carboxylic acids is 1. The molecule has 1 aliphatic heterocycles. The second-order valence-corrected chi connectivity index (χ2v) is 5.35. The summed E-state index contributed by atoms with van der Waals surface area (Å²) in [6, 6.07) is 0. The third kappa shape index (κ3) is 1.67. The lowest BCUT2D eigenvalue weighted by Crippen LogP contribution is -2.46. The Morgan fingerprint density at radius 1 is 1.29 bits per heavy atom. The van der Waals surface area contributed by atoms with Gasteiger partial charge in [0.1, 0.15) is 0 Å². The molecule has 0 aromatic carbocycles. The Balaban J connectivity index is 2.04. The molecule has 1 saturated carbocycles. The van der Waals surface area contributed by atoms with Crippen LogP contribution in [0.25, 0.3) is 0 Å². The van der Waals surface area contributed by atoms with Gasteiger partial charge in [-0.25, -0.2) is 0 Å². The van der Waals surface area contributed by atoms with E-state index < -0.39 is 0 Å². The SMILES string of the molecule is CC1CC(C)(C2CCCCC2)NC1=O. The Hall–Kier alpha value is -0.530. The molecule has 0 aromatic heterocycles. The number of hydrogen-bond donors (Lipinski definition) is 1. The van der Waals surface area contributed by atoms with Crippen molar-refractivity contribution in [3.8, 4) is 0 Å². The van der Waals surface area contributed by atoms with Gasteiger partial charge in [-0.15, -0.1) is 0 Å². The summed E-state index contributed by atoms with van der Waals surface area (Å²) in [6.45, 7) is 4.29. The molecule has 0 aromatic rings. The van der Waals surface area contributed by atoms with Crippen molar-refractivity contribution in [3.63, 3.8) is 0 Å². The summed E-state index contributed by atoms with van der Waals surface area (Å²) in [5.74, 6) is 1.21. The zero-order valence-corrected chi connectivity index (χ0v) is 9.31. The van der Waals surface area contributed by atoms with Gasteiger partial charge in [0.25, 0.3) is 0 Å². The van der Waals surface area contributed by atoms with E-state index in [9.17, 15) is 4.79 Å². The van der Waals surface area contributed by atoms with Crippen molar-refractivity contribution in [1.82, 2.24) is 5.32 Å². The Bertz CT molecular complexity index is 232. The van der Waals surface area contributed by atoms with Gasteiger partial charge in [-0.1, -0.05) is 26.2 Å². The van der Waals surface area contributed by atoms with E-state index in [-0.39, 0.29) is 17.4 Å². The van der Waals surface area contributed by atoms with Crippen molar-refractivity contribution in [2.24, 2.45) is 11.8 Å². The maximum absolute atomic E-state index is 11.5. The molecule has 0 bridgehead atoms. The highest BCUT2D eigenvalue weighted by Crippen LogP contribution is 2.39. The van der Waals surface area contributed by atoms with Crippen LogP contribution in [0.4, 0.5) is 0 Å². The van der Waals surface area contributed by atoms with Gasteiger partial charge in [-0.3, -0.25) is 4.79 Å². The molecule has 0 spiro atoms. The maximum Gasteiger partial charge on any atom is 0.223 e. The number of amides is 1.